The molecule has 0 aromatic heterocycles. The highest BCUT2D eigenvalue weighted by atomic mass is 16.5. The van der Waals surface area contributed by atoms with Crippen molar-refractivity contribution in [1.29, 1.82) is 0 Å². The maximum atomic E-state index is 12.6. The first-order chi connectivity index (χ1) is 12.2. The first-order valence-electron chi connectivity index (χ1n) is 9.43. The molecule has 3 rings (SSSR count). The number of hydrogen-bond donors (Lipinski definition) is 0. The molecule has 2 heterocycles. The van der Waals surface area contributed by atoms with Gasteiger partial charge in [0.15, 0.2) is 11.5 Å². The molecule has 0 atom stereocenters. The van der Waals surface area contributed by atoms with Crippen LogP contribution in [-0.4, -0.2) is 56.1 Å². The first kappa shape index (κ1) is 18.1. The van der Waals surface area contributed by atoms with Gasteiger partial charge in [-0.05, 0) is 62.9 Å². The van der Waals surface area contributed by atoms with Gasteiger partial charge in [-0.15, -0.1) is 0 Å². The summed E-state index contributed by atoms with van der Waals surface area (Å²) in [7, 11) is 3.32. The van der Waals surface area contributed by atoms with Gasteiger partial charge in [-0.1, -0.05) is 6.07 Å². The minimum Gasteiger partial charge on any atom is -0.493 e. The van der Waals surface area contributed by atoms with Crippen LogP contribution in [-0.2, 0) is 11.3 Å². The maximum Gasteiger partial charge on any atom is 0.225 e. The quantitative estimate of drug-likeness (QED) is 0.822. The maximum absolute atomic E-state index is 12.6. The van der Waals surface area contributed by atoms with Crippen molar-refractivity contribution in [2.75, 3.05) is 40.4 Å². The molecule has 2 aliphatic rings. The van der Waals surface area contributed by atoms with Crippen molar-refractivity contribution < 1.29 is 14.3 Å². The highest BCUT2D eigenvalue weighted by Crippen LogP contribution is 2.29. The third-order valence-electron chi connectivity index (χ3n) is 5.46. The number of amides is 1. The number of piperidine rings is 2. The fourth-order valence-electron chi connectivity index (χ4n) is 3.95. The lowest BCUT2D eigenvalue weighted by molar-refractivity contribution is -0.138. The normalized spacial score (nSPS) is 19.7. The van der Waals surface area contributed by atoms with E-state index in [2.05, 4.69) is 15.9 Å². The molecule has 0 unspecified atom stereocenters. The van der Waals surface area contributed by atoms with E-state index in [-0.39, 0.29) is 5.92 Å². The zero-order valence-corrected chi connectivity index (χ0v) is 15.5. The van der Waals surface area contributed by atoms with Gasteiger partial charge in [-0.3, -0.25) is 9.69 Å². The van der Waals surface area contributed by atoms with Gasteiger partial charge < -0.3 is 14.4 Å². The summed E-state index contributed by atoms with van der Waals surface area (Å²) in [6.07, 6.45) is 5.56. The number of benzene rings is 1. The van der Waals surface area contributed by atoms with Crippen LogP contribution in [0.2, 0.25) is 0 Å². The Morgan fingerprint density at radius 1 is 1.00 bits per heavy atom. The predicted molar refractivity (Wildman–Crippen MR) is 98.0 cm³/mol. The fourth-order valence-corrected chi connectivity index (χ4v) is 3.95. The monoisotopic (exact) mass is 346 g/mol. The minimum atomic E-state index is 0.222. The first-order valence-corrected chi connectivity index (χ1v) is 9.43. The molecule has 2 saturated heterocycles. The van der Waals surface area contributed by atoms with Gasteiger partial charge in [0.25, 0.3) is 0 Å². The van der Waals surface area contributed by atoms with E-state index >= 15 is 0 Å². The number of methoxy groups -OCH3 is 2. The third-order valence-corrected chi connectivity index (χ3v) is 5.46. The van der Waals surface area contributed by atoms with Crippen LogP contribution in [0.5, 0.6) is 11.5 Å². The Bertz CT molecular complexity index is 576. The molecule has 5 nitrogen and oxygen atoms in total. The summed E-state index contributed by atoms with van der Waals surface area (Å²) >= 11 is 0. The molecule has 0 radical (unpaired) electrons. The standard InChI is InChI=1S/C20H30N2O3/c1-24-18-7-6-16(14-19(18)25-2)15-21-12-8-17(9-13-21)20(23)22-10-4-3-5-11-22/h6-7,14,17H,3-5,8-13,15H2,1-2H3. The van der Waals surface area contributed by atoms with Crippen molar-refractivity contribution in [1.82, 2.24) is 9.80 Å². The van der Waals surface area contributed by atoms with Crippen LogP contribution < -0.4 is 9.47 Å². The largest absolute Gasteiger partial charge is 0.493 e. The molecule has 1 aromatic carbocycles. The van der Waals surface area contributed by atoms with Crippen molar-refractivity contribution in [3.05, 3.63) is 23.8 Å². The van der Waals surface area contributed by atoms with Gasteiger partial charge in [0.2, 0.25) is 5.91 Å². The topological polar surface area (TPSA) is 42.0 Å². The highest BCUT2D eigenvalue weighted by molar-refractivity contribution is 5.79. The lowest BCUT2D eigenvalue weighted by Crippen LogP contribution is -2.44. The van der Waals surface area contributed by atoms with Crippen LogP contribution in [0.4, 0.5) is 0 Å². The lowest BCUT2D eigenvalue weighted by Gasteiger charge is -2.35. The summed E-state index contributed by atoms with van der Waals surface area (Å²) in [6, 6.07) is 6.09. The van der Waals surface area contributed by atoms with Crippen molar-refractivity contribution in [2.24, 2.45) is 5.92 Å². The molecule has 5 heteroatoms. The van der Waals surface area contributed by atoms with Gasteiger partial charge in [0, 0.05) is 25.6 Å². The van der Waals surface area contributed by atoms with Crippen molar-refractivity contribution in [2.45, 2.75) is 38.6 Å². The molecular formula is C20H30N2O3. The molecule has 0 bridgehead atoms. The number of ether oxygens (including phenoxy) is 2. The van der Waals surface area contributed by atoms with Crippen molar-refractivity contribution in [3.8, 4) is 11.5 Å². The zero-order chi connectivity index (χ0) is 17.6. The van der Waals surface area contributed by atoms with Crippen LogP contribution in [0, 0.1) is 5.92 Å². The highest BCUT2D eigenvalue weighted by Gasteiger charge is 2.29. The van der Waals surface area contributed by atoms with E-state index in [4.69, 9.17) is 9.47 Å². The second kappa shape index (κ2) is 8.56. The Morgan fingerprint density at radius 3 is 2.32 bits per heavy atom. The summed E-state index contributed by atoms with van der Waals surface area (Å²) in [5.41, 5.74) is 1.22. The molecule has 2 aliphatic heterocycles. The van der Waals surface area contributed by atoms with Gasteiger partial charge >= 0.3 is 0 Å². The number of nitrogens with zero attached hydrogens (tertiary/aromatic N) is 2. The summed E-state index contributed by atoms with van der Waals surface area (Å²) in [5.74, 6) is 2.15. The fraction of sp³-hybridized carbons (Fsp3) is 0.650. The van der Waals surface area contributed by atoms with Crippen LogP contribution >= 0.6 is 0 Å². The van der Waals surface area contributed by atoms with Gasteiger partial charge in [-0.2, -0.15) is 0 Å². The van der Waals surface area contributed by atoms with E-state index in [9.17, 15) is 4.79 Å². The Labute approximate surface area is 150 Å². The number of likely N-dealkylation sites (tertiary alicyclic amines) is 2. The zero-order valence-electron chi connectivity index (χ0n) is 15.5. The van der Waals surface area contributed by atoms with Crippen LogP contribution in [0.3, 0.4) is 0 Å². The molecule has 2 fully saturated rings. The number of carbonyl (C=O) groups excluding carboxylic acids is 1. The Balaban J connectivity index is 1.51. The van der Waals surface area contributed by atoms with Crippen molar-refractivity contribution in [3.63, 3.8) is 0 Å². The van der Waals surface area contributed by atoms with Gasteiger partial charge in [0.1, 0.15) is 0 Å². The van der Waals surface area contributed by atoms with Crippen molar-refractivity contribution >= 4 is 5.91 Å². The van der Waals surface area contributed by atoms with E-state index in [1.54, 1.807) is 14.2 Å². The van der Waals surface area contributed by atoms with Crippen LogP contribution in [0.15, 0.2) is 18.2 Å². The second-order valence-electron chi connectivity index (χ2n) is 7.13. The van der Waals surface area contributed by atoms with E-state index in [1.807, 2.05) is 12.1 Å². The molecule has 0 N–H and O–H groups in total. The number of carbonyl (C=O) groups is 1. The molecule has 25 heavy (non-hydrogen) atoms. The molecular weight excluding hydrogens is 316 g/mol. The van der Waals surface area contributed by atoms with E-state index in [0.29, 0.717) is 5.91 Å². The number of rotatable bonds is 5. The van der Waals surface area contributed by atoms with Gasteiger partial charge in [-0.25, -0.2) is 0 Å². The smallest absolute Gasteiger partial charge is 0.225 e. The second-order valence-corrected chi connectivity index (χ2v) is 7.13. The lowest BCUT2D eigenvalue weighted by atomic mass is 9.94. The Hall–Kier alpha value is -1.75. The predicted octanol–water partition coefficient (Wildman–Crippen LogP) is 2.93. The average molecular weight is 346 g/mol. The van der Waals surface area contributed by atoms with E-state index < -0.39 is 0 Å². The molecule has 0 aliphatic carbocycles. The molecule has 1 amide bonds. The molecule has 1 aromatic rings. The van der Waals surface area contributed by atoms with Crippen LogP contribution in [0.1, 0.15) is 37.7 Å². The summed E-state index contributed by atoms with van der Waals surface area (Å²) in [4.78, 5) is 17.2. The molecule has 0 saturated carbocycles. The molecule has 138 valence electrons. The molecule has 0 spiro atoms. The average Bonchev–Trinajstić information content (AvgIpc) is 2.68. The SMILES string of the molecule is COc1ccc(CN2CCC(C(=O)N3CCCCC3)CC2)cc1OC. The van der Waals surface area contributed by atoms with Gasteiger partial charge in [0.05, 0.1) is 14.2 Å². The Kier molecular flexibility index (Phi) is 6.19. The minimum absolute atomic E-state index is 0.222. The summed E-state index contributed by atoms with van der Waals surface area (Å²) in [5, 5.41) is 0. The third kappa shape index (κ3) is 4.46. The summed E-state index contributed by atoms with van der Waals surface area (Å²) in [6.45, 7) is 4.79. The number of hydrogen-bond acceptors (Lipinski definition) is 4. The van der Waals surface area contributed by atoms with E-state index in [1.165, 1.54) is 24.8 Å². The Morgan fingerprint density at radius 2 is 1.68 bits per heavy atom. The van der Waals surface area contributed by atoms with Crippen LogP contribution in [0.25, 0.3) is 0 Å². The van der Waals surface area contributed by atoms with E-state index in [0.717, 1.165) is 57.1 Å². The summed E-state index contributed by atoms with van der Waals surface area (Å²) < 4.78 is 10.7.